The normalized spacial score (nSPS) is 14.2. The van der Waals surface area contributed by atoms with Gasteiger partial charge in [0.2, 0.25) is 0 Å². The maximum absolute atomic E-state index is 13.4. The van der Waals surface area contributed by atoms with E-state index in [4.69, 9.17) is 5.73 Å². The molecule has 0 aliphatic heterocycles. The van der Waals surface area contributed by atoms with Crippen molar-refractivity contribution in [1.82, 2.24) is 4.90 Å². The van der Waals surface area contributed by atoms with E-state index in [1.165, 1.54) is 18.2 Å². The van der Waals surface area contributed by atoms with Crippen molar-refractivity contribution in [3.63, 3.8) is 0 Å². The highest BCUT2D eigenvalue weighted by Gasteiger charge is 2.33. The predicted octanol–water partition coefficient (Wildman–Crippen LogP) is 3.27. The fourth-order valence-electron chi connectivity index (χ4n) is 2.23. The molecule has 104 valence electrons. The van der Waals surface area contributed by atoms with Gasteiger partial charge in [0.15, 0.2) is 0 Å². The Morgan fingerprint density at radius 2 is 2.20 bits per heavy atom. The Hall–Kier alpha value is -1.88. The van der Waals surface area contributed by atoms with Crippen LogP contribution in [-0.2, 0) is 6.54 Å². The van der Waals surface area contributed by atoms with Gasteiger partial charge in [-0.2, -0.15) is 11.3 Å². The molecule has 5 heteroatoms. The van der Waals surface area contributed by atoms with Crippen LogP contribution in [0, 0.1) is 5.82 Å². The predicted molar refractivity (Wildman–Crippen MR) is 78.0 cm³/mol. The van der Waals surface area contributed by atoms with Crippen LogP contribution < -0.4 is 5.73 Å². The van der Waals surface area contributed by atoms with Crippen LogP contribution in [0.1, 0.15) is 28.8 Å². The summed E-state index contributed by atoms with van der Waals surface area (Å²) >= 11 is 1.61. The Labute approximate surface area is 120 Å². The van der Waals surface area contributed by atoms with E-state index in [1.807, 2.05) is 21.7 Å². The van der Waals surface area contributed by atoms with Gasteiger partial charge in [0.25, 0.3) is 5.91 Å². The van der Waals surface area contributed by atoms with E-state index < -0.39 is 5.82 Å². The molecule has 1 amide bonds. The van der Waals surface area contributed by atoms with Gasteiger partial charge in [0, 0.05) is 23.8 Å². The van der Waals surface area contributed by atoms with Crippen molar-refractivity contribution in [3.8, 4) is 0 Å². The largest absolute Gasteiger partial charge is 0.399 e. The first-order valence-electron chi connectivity index (χ1n) is 6.51. The second-order valence-electron chi connectivity index (χ2n) is 5.07. The van der Waals surface area contributed by atoms with Gasteiger partial charge >= 0.3 is 0 Å². The molecular weight excluding hydrogens is 275 g/mol. The summed E-state index contributed by atoms with van der Waals surface area (Å²) in [4.78, 5) is 14.4. The first-order chi connectivity index (χ1) is 9.63. The molecule has 0 saturated heterocycles. The molecule has 1 fully saturated rings. The average Bonchev–Trinajstić information content (AvgIpc) is 3.11. The molecule has 1 aliphatic rings. The fourth-order valence-corrected chi connectivity index (χ4v) is 2.89. The summed E-state index contributed by atoms with van der Waals surface area (Å²) in [5, 5.41) is 4.02. The minimum Gasteiger partial charge on any atom is -0.399 e. The highest BCUT2D eigenvalue weighted by molar-refractivity contribution is 7.07. The monoisotopic (exact) mass is 290 g/mol. The second-order valence-corrected chi connectivity index (χ2v) is 5.85. The summed E-state index contributed by atoms with van der Waals surface area (Å²) in [5.74, 6) is -0.621. The van der Waals surface area contributed by atoms with Crippen molar-refractivity contribution in [2.45, 2.75) is 25.4 Å². The van der Waals surface area contributed by atoms with Gasteiger partial charge in [-0.3, -0.25) is 4.79 Å². The van der Waals surface area contributed by atoms with E-state index in [2.05, 4.69) is 0 Å². The van der Waals surface area contributed by atoms with E-state index in [-0.39, 0.29) is 17.6 Å². The van der Waals surface area contributed by atoms with Crippen molar-refractivity contribution < 1.29 is 9.18 Å². The first-order valence-corrected chi connectivity index (χ1v) is 7.46. The van der Waals surface area contributed by atoms with Crippen molar-refractivity contribution in [2.24, 2.45) is 0 Å². The van der Waals surface area contributed by atoms with Crippen LogP contribution in [0.15, 0.2) is 35.0 Å². The van der Waals surface area contributed by atoms with E-state index in [0.717, 1.165) is 18.4 Å². The summed E-state index contributed by atoms with van der Waals surface area (Å²) in [6.45, 7) is 0.573. The highest BCUT2D eigenvalue weighted by atomic mass is 32.1. The molecule has 0 atom stereocenters. The third-order valence-corrected chi connectivity index (χ3v) is 4.08. The van der Waals surface area contributed by atoms with Crippen LogP contribution in [-0.4, -0.2) is 16.8 Å². The van der Waals surface area contributed by atoms with Gasteiger partial charge in [0.05, 0.1) is 0 Å². The molecule has 2 aromatic rings. The smallest absolute Gasteiger partial charge is 0.254 e. The van der Waals surface area contributed by atoms with Crippen LogP contribution in [0.4, 0.5) is 10.1 Å². The van der Waals surface area contributed by atoms with E-state index in [0.29, 0.717) is 12.1 Å². The summed E-state index contributed by atoms with van der Waals surface area (Å²) < 4.78 is 13.4. The Balaban J connectivity index is 1.85. The van der Waals surface area contributed by atoms with Gasteiger partial charge < -0.3 is 10.6 Å². The van der Waals surface area contributed by atoms with E-state index in [1.54, 1.807) is 11.3 Å². The molecule has 20 heavy (non-hydrogen) atoms. The number of thiophene rings is 1. The molecule has 0 radical (unpaired) electrons. The molecule has 1 heterocycles. The third kappa shape index (κ3) is 2.82. The summed E-state index contributed by atoms with van der Waals surface area (Å²) in [6.07, 6.45) is 2.03. The van der Waals surface area contributed by atoms with Crippen molar-refractivity contribution in [2.75, 3.05) is 5.73 Å². The Kier molecular flexibility index (Phi) is 3.44. The van der Waals surface area contributed by atoms with Gasteiger partial charge in [-0.25, -0.2) is 4.39 Å². The molecule has 3 rings (SSSR count). The van der Waals surface area contributed by atoms with Crippen LogP contribution in [0.25, 0.3) is 0 Å². The zero-order valence-corrected chi connectivity index (χ0v) is 11.7. The maximum Gasteiger partial charge on any atom is 0.254 e. The Bertz CT molecular complexity index is 603. The highest BCUT2D eigenvalue weighted by Crippen LogP contribution is 2.30. The van der Waals surface area contributed by atoms with Crippen molar-refractivity contribution >= 4 is 22.9 Å². The van der Waals surface area contributed by atoms with E-state index in [9.17, 15) is 9.18 Å². The number of carbonyl (C=O) groups excluding carboxylic acids is 1. The molecular formula is C15H15FN2OS. The number of amides is 1. The number of benzene rings is 1. The summed E-state index contributed by atoms with van der Waals surface area (Å²) in [5.41, 5.74) is 7.33. The number of rotatable bonds is 4. The SMILES string of the molecule is Nc1cc(F)cc(C(=O)N(Cc2ccsc2)C2CC2)c1. The zero-order valence-electron chi connectivity index (χ0n) is 10.9. The molecule has 1 aromatic heterocycles. The van der Waals surface area contributed by atoms with Gasteiger partial charge in [-0.05, 0) is 53.4 Å². The first kappa shape index (κ1) is 13.1. The lowest BCUT2D eigenvalue weighted by atomic mass is 10.1. The minimum atomic E-state index is -0.473. The molecule has 0 spiro atoms. The lowest BCUT2D eigenvalue weighted by Gasteiger charge is -2.22. The number of hydrogen-bond donors (Lipinski definition) is 1. The number of carbonyl (C=O) groups is 1. The molecule has 2 N–H and O–H groups in total. The molecule has 1 aromatic carbocycles. The van der Waals surface area contributed by atoms with Crippen LogP contribution in [0.3, 0.4) is 0 Å². The Morgan fingerprint density at radius 1 is 1.40 bits per heavy atom. The van der Waals surface area contributed by atoms with Crippen LogP contribution >= 0.6 is 11.3 Å². The zero-order chi connectivity index (χ0) is 14.1. The van der Waals surface area contributed by atoms with Crippen LogP contribution in [0.5, 0.6) is 0 Å². The maximum atomic E-state index is 13.4. The molecule has 1 saturated carbocycles. The lowest BCUT2D eigenvalue weighted by molar-refractivity contribution is 0.0729. The number of nitrogen functional groups attached to an aromatic ring is 1. The number of nitrogens with two attached hydrogens (primary N) is 1. The fraction of sp³-hybridized carbons (Fsp3) is 0.267. The minimum absolute atomic E-state index is 0.148. The molecule has 1 aliphatic carbocycles. The molecule has 0 unspecified atom stereocenters. The molecule has 3 nitrogen and oxygen atoms in total. The van der Waals surface area contributed by atoms with E-state index >= 15 is 0 Å². The Morgan fingerprint density at radius 3 is 2.80 bits per heavy atom. The number of nitrogens with zero attached hydrogens (tertiary/aromatic N) is 1. The molecule has 0 bridgehead atoms. The van der Waals surface area contributed by atoms with Gasteiger partial charge in [-0.15, -0.1) is 0 Å². The topological polar surface area (TPSA) is 46.3 Å². The summed E-state index contributed by atoms with van der Waals surface area (Å²) in [6, 6.07) is 6.28. The second kappa shape index (κ2) is 5.25. The average molecular weight is 290 g/mol. The summed E-state index contributed by atoms with van der Waals surface area (Å²) in [7, 11) is 0. The third-order valence-electron chi connectivity index (χ3n) is 3.35. The van der Waals surface area contributed by atoms with Crippen molar-refractivity contribution in [3.05, 3.63) is 52.0 Å². The number of hydrogen-bond acceptors (Lipinski definition) is 3. The lowest BCUT2D eigenvalue weighted by Crippen LogP contribution is -2.32. The van der Waals surface area contributed by atoms with Crippen molar-refractivity contribution in [1.29, 1.82) is 0 Å². The van der Waals surface area contributed by atoms with Crippen LogP contribution in [0.2, 0.25) is 0 Å². The number of halogens is 1. The quantitative estimate of drug-likeness (QED) is 0.878. The standard InChI is InChI=1S/C15H15FN2OS/c16-12-5-11(6-13(17)7-12)15(19)18(14-1-2-14)8-10-3-4-20-9-10/h3-7,9,14H,1-2,8,17H2. The number of anilines is 1. The van der Waals surface area contributed by atoms with Gasteiger partial charge in [0.1, 0.15) is 5.82 Å². The van der Waals surface area contributed by atoms with Gasteiger partial charge in [-0.1, -0.05) is 0 Å².